The van der Waals surface area contributed by atoms with Gasteiger partial charge in [-0.15, -0.1) is 0 Å². The summed E-state index contributed by atoms with van der Waals surface area (Å²) in [6.07, 6.45) is -5.30. The van der Waals surface area contributed by atoms with E-state index in [1.54, 1.807) is 32.0 Å². The van der Waals surface area contributed by atoms with E-state index in [2.05, 4.69) is 10.1 Å². The predicted octanol–water partition coefficient (Wildman–Crippen LogP) is 1.61. The maximum Gasteiger partial charge on any atom is 0.459 e. The Hall–Kier alpha value is -2.90. The first kappa shape index (κ1) is 26.2. The smallest absolute Gasteiger partial charge is 0.458 e. The molecule has 36 heavy (non-hydrogen) atoms. The summed E-state index contributed by atoms with van der Waals surface area (Å²) in [7, 11) is -4.40. The van der Waals surface area contributed by atoms with Crippen LogP contribution in [0.3, 0.4) is 0 Å². The van der Waals surface area contributed by atoms with E-state index in [1.807, 2.05) is 0 Å². The number of nitrogen functional groups attached to an aromatic ring is 1. The maximum atomic E-state index is 14.8. The maximum absolute atomic E-state index is 14.8. The van der Waals surface area contributed by atoms with Crippen molar-refractivity contribution >= 4 is 19.5 Å². The third-order valence-electron chi connectivity index (χ3n) is 5.53. The molecule has 0 saturated carbocycles. The number of rotatable bonds is 8. The molecule has 196 valence electrons. The third kappa shape index (κ3) is 5.42. The number of hydrogen-bond acceptors (Lipinski definition) is 10. The Morgan fingerprint density at radius 2 is 1.97 bits per heavy atom. The average Bonchev–Trinajstić information content (AvgIpc) is 3.17. The Morgan fingerprint density at radius 1 is 1.28 bits per heavy atom. The Kier molecular flexibility index (Phi) is 6.92. The van der Waals surface area contributed by atoms with Crippen LogP contribution in [0.4, 0.5) is 14.6 Å². The van der Waals surface area contributed by atoms with E-state index in [-0.39, 0.29) is 18.0 Å². The highest BCUT2D eigenvalue weighted by Gasteiger charge is 2.60. The summed E-state index contributed by atoms with van der Waals surface area (Å²) in [6, 6.07) is 7.87. The number of halogens is 2. The fraction of sp³-hybridized carbons (Fsp3) is 0.476. The summed E-state index contributed by atoms with van der Waals surface area (Å²) in [5.74, 6) is -4.71. The van der Waals surface area contributed by atoms with Crippen LogP contribution in [0.5, 0.6) is 5.75 Å². The molecule has 0 bridgehead atoms. The van der Waals surface area contributed by atoms with Crippen LogP contribution < -0.4 is 21.0 Å². The number of ether oxygens (including phenoxy) is 2. The molecule has 2 saturated heterocycles. The minimum atomic E-state index is -4.40. The van der Waals surface area contributed by atoms with E-state index >= 15 is 0 Å². The van der Waals surface area contributed by atoms with Crippen molar-refractivity contribution in [3.05, 3.63) is 53.1 Å². The van der Waals surface area contributed by atoms with Gasteiger partial charge < -0.3 is 24.8 Å². The number of cyclic esters (lactones) is 1. The topological polar surface area (TPSA) is 164 Å². The van der Waals surface area contributed by atoms with Crippen LogP contribution in [0.25, 0.3) is 0 Å². The highest BCUT2D eigenvalue weighted by molar-refractivity contribution is 7.52. The Bertz CT molecular complexity index is 1230. The molecule has 2 aliphatic heterocycles. The molecule has 0 aliphatic carbocycles. The second-order valence-electron chi connectivity index (χ2n) is 8.95. The number of hydrogen-bond donors (Lipinski definition) is 3. The van der Waals surface area contributed by atoms with Crippen molar-refractivity contribution in [1.82, 2.24) is 14.6 Å². The fourth-order valence-corrected chi connectivity index (χ4v) is 5.34. The number of para-hydroxylation sites is 1. The first-order valence-corrected chi connectivity index (χ1v) is 12.4. The van der Waals surface area contributed by atoms with Gasteiger partial charge >= 0.3 is 25.3 Å². The molecule has 1 aromatic carbocycles. The summed E-state index contributed by atoms with van der Waals surface area (Å²) >= 11 is 0. The van der Waals surface area contributed by atoms with Crippen LogP contribution in [0, 0.1) is 0 Å². The molecule has 4 rings (SSSR count). The van der Waals surface area contributed by atoms with E-state index < -0.39 is 62.0 Å². The molecule has 0 radical (unpaired) electrons. The van der Waals surface area contributed by atoms with Gasteiger partial charge in [0.05, 0.1) is 6.61 Å². The normalized spacial score (nSPS) is 28.4. The summed E-state index contributed by atoms with van der Waals surface area (Å²) < 4.78 is 65.0. The molecule has 1 aromatic heterocycles. The van der Waals surface area contributed by atoms with Gasteiger partial charge in [0, 0.05) is 12.6 Å². The van der Waals surface area contributed by atoms with Crippen molar-refractivity contribution in [1.29, 1.82) is 0 Å². The van der Waals surface area contributed by atoms with Gasteiger partial charge in [-0.25, -0.2) is 9.36 Å². The van der Waals surface area contributed by atoms with Gasteiger partial charge in [0.25, 0.3) is 0 Å². The van der Waals surface area contributed by atoms with Crippen molar-refractivity contribution < 1.29 is 41.8 Å². The highest BCUT2D eigenvalue weighted by Crippen LogP contribution is 2.49. The summed E-state index contributed by atoms with van der Waals surface area (Å²) in [6.45, 7) is 2.48. The van der Waals surface area contributed by atoms with Crippen molar-refractivity contribution in [2.45, 2.75) is 56.3 Å². The van der Waals surface area contributed by atoms with Gasteiger partial charge in [-0.2, -0.15) is 18.9 Å². The number of alkyl halides is 2. The lowest BCUT2D eigenvalue weighted by atomic mass is 10.0. The molecule has 0 amide bonds. The number of esters is 1. The molecule has 3 heterocycles. The van der Waals surface area contributed by atoms with Crippen molar-refractivity contribution in [3.8, 4) is 5.75 Å². The van der Waals surface area contributed by atoms with E-state index in [0.29, 0.717) is 4.57 Å². The number of benzene rings is 1. The number of carbonyl (C=O) groups is 1. The lowest BCUT2D eigenvalue weighted by Crippen LogP contribution is -2.42. The lowest BCUT2D eigenvalue weighted by Gasteiger charge is -2.24. The van der Waals surface area contributed by atoms with Gasteiger partial charge in [-0.05, 0) is 32.0 Å². The van der Waals surface area contributed by atoms with Crippen LogP contribution in [0.15, 0.2) is 47.4 Å². The van der Waals surface area contributed by atoms with Crippen LogP contribution in [0.2, 0.25) is 0 Å². The number of carbonyl (C=O) groups excluding carboxylic acids is 1. The van der Waals surface area contributed by atoms with Gasteiger partial charge in [-0.1, -0.05) is 18.2 Å². The third-order valence-corrected chi connectivity index (χ3v) is 7.10. The van der Waals surface area contributed by atoms with Crippen LogP contribution in [-0.4, -0.2) is 57.0 Å². The Morgan fingerprint density at radius 3 is 2.58 bits per heavy atom. The van der Waals surface area contributed by atoms with Crippen molar-refractivity contribution in [2.24, 2.45) is 0 Å². The Balaban J connectivity index is 1.54. The molecule has 2 aliphatic rings. The second kappa shape index (κ2) is 9.52. The summed E-state index contributed by atoms with van der Waals surface area (Å²) in [5.41, 5.74) is 3.44. The summed E-state index contributed by atoms with van der Waals surface area (Å²) in [5, 5.41) is 12.7. The number of aromatic nitrogens is 2. The SMILES string of the molecule is CC1(C)CC(NP(=O)(OC[C@H]2O[C@@H](n3ccc(N)nc3=O)C(F)(F)[C@@H]2O)Oc2ccccc2)C(=O)O1. The molecule has 5 atom stereocenters. The van der Waals surface area contributed by atoms with Crippen LogP contribution >= 0.6 is 7.75 Å². The molecule has 0 spiro atoms. The number of aliphatic hydroxyl groups is 1. The standard InChI is InChI=1S/C21H25F2N4O8P/c1-20(2)10-13(17(29)34-20)26-36(31,35-12-6-4-3-5-7-12)32-11-14-16(28)21(22,23)18(33-14)27-9-8-15(24)25-19(27)30/h3-9,13-14,16,18,28H,10-11H2,1-2H3,(H,26,31)(H2,24,25,30)/t13?,14-,16-,18-,36?/m1/s1. The molecular weight excluding hydrogens is 505 g/mol. The van der Waals surface area contributed by atoms with Gasteiger partial charge in [-0.3, -0.25) is 13.9 Å². The van der Waals surface area contributed by atoms with Crippen molar-refractivity contribution in [3.63, 3.8) is 0 Å². The lowest BCUT2D eigenvalue weighted by molar-refractivity contribution is -0.147. The number of aliphatic hydroxyl groups excluding tert-OH is 1. The van der Waals surface area contributed by atoms with Gasteiger partial charge in [0.1, 0.15) is 29.3 Å². The van der Waals surface area contributed by atoms with E-state index in [0.717, 1.165) is 12.3 Å². The molecular formula is C21H25F2N4O8P. The van der Waals surface area contributed by atoms with E-state index in [9.17, 15) is 28.0 Å². The van der Waals surface area contributed by atoms with E-state index in [4.69, 9.17) is 24.3 Å². The largest absolute Gasteiger partial charge is 0.459 e. The second-order valence-corrected chi connectivity index (χ2v) is 10.6. The van der Waals surface area contributed by atoms with E-state index in [1.165, 1.54) is 12.1 Å². The summed E-state index contributed by atoms with van der Waals surface area (Å²) in [4.78, 5) is 27.7. The number of anilines is 1. The number of nitrogens with two attached hydrogens (primary N) is 1. The zero-order valence-corrected chi connectivity index (χ0v) is 20.1. The molecule has 4 N–H and O–H groups in total. The first-order valence-electron chi connectivity index (χ1n) is 10.9. The minimum absolute atomic E-state index is 0.106. The molecule has 2 fully saturated rings. The average molecular weight is 530 g/mol. The highest BCUT2D eigenvalue weighted by atomic mass is 31.2. The van der Waals surface area contributed by atoms with Crippen LogP contribution in [-0.2, 0) is 23.4 Å². The zero-order chi connectivity index (χ0) is 26.3. The Labute approximate surface area is 203 Å². The van der Waals surface area contributed by atoms with Crippen LogP contribution in [0.1, 0.15) is 26.5 Å². The fourth-order valence-electron chi connectivity index (χ4n) is 3.84. The molecule has 2 aromatic rings. The van der Waals surface area contributed by atoms with Gasteiger partial charge in [0.15, 0.2) is 6.10 Å². The monoisotopic (exact) mass is 530 g/mol. The number of nitrogens with one attached hydrogen (secondary N) is 1. The van der Waals surface area contributed by atoms with Gasteiger partial charge in [0.2, 0.25) is 6.23 Å². The number of nitrogens with zero attached hydrogens (tertiary/aromatic N) is 2. The molecule has 12 nitrogen and oxygen atoms in total. The predicted molar refractivity (Wildman–Crippen MR) is 120 cm³/mol. The van der Waals surface area contributed by atoms with Crippen molar-refractivity contribution in [2.75, 3.05) is 12.3 Å². The molecule has 15 heteroatoms. The first-order chi connectivity index (χ1) is 16.8. The molecule has 2 unspecified atom stereocenters. The minimum Gasteiger partial charge on any atom is -0.458 e. The quantitative estimate of drug-likeness (QED) is 0.335. The zero-order valence-electron chi connectivity index (χ0n) is 19.2.